The zero-order chi connectivity index (χ0) is 12.4. The van der Waals surface area contributed by atoms with Gasteiger partial charge in [-0.05, 0) is 24.3 Å². The van der Waals surface area contributed by atoms with E-state index in [2.05, 4.69) is 27.0 Å². The summed E-state index contributed by atoms with van der Waals surface area (Å²) in [7, 11) is 0. The van der Waals surface area contributed by atoms with E-state index < -0.39 is 0 Å². The van der Waals surface area contributed by atoms with E-state index in [1.54, 1.807) is 23.1 Å². The lowest BCUT2D eigenvalue weighted by Gasteiger charge is -1.96. The van der Waals surface area contributed by atoms with Crippen LogP contribution in [0.1, 0.15) is 17.7 Å². The number of thiophene rings is 1. The number of nitrogens with one attached hydrogen (secondary N) is 1. The fourth-order valence-electron chi connectivity index (χ4n) is 1.40. The molecule has 18 heavy (non-hydrogen) atoms. The molecule has 2 aromatic rings. The zero-order valence-corrected chi connectivity index (χ0v) is 11.9. The molecule has 0 unspecified atom stereocenters. The van der Waals surface area contributed by atoms with Gasteiger partial charge < -0.3 is 5.32 Å². The first kappa shape index (κ1) is 12.1. The van der Waals surface area contributed by atoms with Crippen LogP contribution in [0.5, 0.6) is 0 Å². The molecule has 94 valence electrons. The van der Waals surface area contributed by atoms with E-state index >= 15 is 0 Å². The van der Waals surface area contributed by atoms with Crippen LogP contribution in [-0.2, 0) is 10.5 Å². The smallest absolute Gasteiger partial charge is 0.229 e. The summed E-state index contributed by atoms with van der Waals surface area (Å²) in [4.78, 5) is 12.9. The van der Waals surface area contributed by atoms with Crippen LogP contribution in [0, 0.1) is 5.92 Å². The van der Waals surface area contributed by atoms with E-state index in [1.807, 2.05) is 6.07 Å². The van der Waals surface area contributed by atoms with Crippen LogP contribution >= 0.6 is 34.4 Å². The molecule has 2 aromatic heterocycles. The quantitative estimate of drug-likeness (QED) is 0.680. The Labute approximate surface area is 117 Å². The fourth-order valence-corrected chi connectivity index (χ4v) is 3.93. The maximum atomic E-state index is 11.6. The Balaban J connectivity index is 1.54. The van der Waals surface area contributed by atoms with E-state index in [-0.39, 0.29) is 11.8 Å². The van der Waals surface area contributed by atoms with Crippen LogP contribution < -0.4 is 5.32 Å². The normalized spacial score (nSPS) is 14.7. The second-order valence-corrected chi connectivity index (χ2v) is 7.24. The van der Waals surface area contributed by atoms with Gasteiger partial charge in [0, 0.05) is 16.5 Å². The zero-order valence-electron chi connectivity index (χ0n) is 9.46. The molecule has 0 spiro atoms. The predicted octanol–water partition coefficient (Wildman–Crippen LogP) is 3.24. The first-order valence-electron chi connectivity index (χ1n) is 5.61. The highest BCUT2D eigenvalue weighted by Gasteiger charge is 2.30. The van der Waals surface area contributed by atoms with Crippen molar-refractivity contribution in [2.45, 2.75) is 22.9 Å². The van der Waals surface area contributed by atoms with Crippen molar-refractivity contribution in [2.75, 3.05) is 5.32 Å². The lowest BCUT2D eigenvalue weighted by atomic mass is 10.4. The Morgan fingerprint density at radius 2 is 2.39 bits per heavy atom. The first-order valence-corrected chi connectivity index (χ1v) is 8.29. The van der Waals surface area contributed by atoms with Gasteiger partial charge in [-0.2, -0.15) is 0 Å². The minimum Gasteiger partial charge on any atom is -0.300 e. The van der Waals surface area contributed by atoms with E-state index in [0.29, 0.717) is 5.13 Å². The van der Waals surface area contributed by atoms with Gasteiger partial charge in [0.05, 0.1) is 0 Å². The summed E-state index contributed by atoms with van der Waals surface area (Å²) in [6.45, 7) is 0. The second kappa shape index (κ2) is 5.38. The Hall–Kier alpha value is -0.920. The maximum absolute atomic E-state index is 11.6. The molecule has 1 aliphatic rings. The molecule has 1 N–H and O–H groups in total. The van der Waals surface area contributed by atoms with Crippen molar-refractivity contribution >= 4 is 45.5 Å². The van der Waals surface area contributed by atoms with Gasteiger partial charge in [-0.25, -0.2) is 0 Å². The molecule has 3 rings (SSSR count). The summed E-state index contributed by atoms with van der Waals surface area (Å²) < 4.78 is 0.898. The number of hydrogen-bond donors (Lipinski definition) is 1. The van der Waals surface area contributed by atoms with Crippen LogP contribution in [0.25, 0.3) is 0 Å². The monoisotopic (exact) mass is 297 g/mol. The Morgan fingerprint density at radius 1 is 1.50 bits per heavy atom. The molecule has 0 saturated heterocycles. The third kappa shape index (κ3) is 3.09. The molecule has 1 fully saturated rings. The molecular formula is C11H11N3OS3. The number of carbonyl (C=O) groups excluding carboxylic acids is 1. The highest BCUT2D eigenvalue weighted by Crippen LogP contribution is 2.32. The molecule has 0 bridgehead atoms. The number of hydrogen-bond acceptors (Lipinski definition) is 6. The van der Waals surface area contributed by atoms with E-state index in [4.69, 9.17) is 0 Å². The molecule has 1 aliphatic carbocycles. The molecule has 0 atom stereocenters. The van der Waals surface area contributed by atoms with E-state index in [1.165, 1.54) is 16.2 Å². The minimum absolute atomic E-state index is 0.0842. The Morgan fingerprint density at radius 3 is 3.11 bits per heavy atom. The summed E-state index contributed by atoms with van der Waals surface area (Å²) in [6.07, 6.45) is 2.01. The molecule has 0 aromatic carbocycles. The van der Waals surface area contributed by atoms with Crippen molar-refractivity contribution in [3.05, 3.63) is 22.4 Å². The first-order chi connectivity index (χ1) is 8.81. The Kier molecular flexibility index (Phi) is 3.62. The van der Waals surface area contributed by atoms with Crippen LogP contribution in [0.2, 0.25) is 0 Å². The predicted molar refractivity (Wildman–Crippen MR) is 75.1 cm³/mol. The molecule has 2 heterocycles. The van der Waals surface area contributed by atoms with Crippen LogP contribution in [0.15, 0.2) is 21.9 Å². The maximum Gasteiger partial charge on any atom is 0.229 e. The van der Waals surface area contributed by atoms with Gasteiger partial charge in [0.2, 0.25) is 11.0 Å². The van der Waals surface area contributed by atoms with Gasteiger partial charge in [0.15, 0.2) is 4.34 Å². The summed E-state index contributed by atoms with van der Waals surface area (Å²) in [5.74, 6) is 1.19. The second-order valence-electron chi connectivity index (χ2n) is 4.00. The lowest BCUT2D eigenvalue weighted by molar-refractivity contribution is -0.117. The number of amides is 1. The number of anilines is 1. The fraction of sp³-hybridized carbons (Fsp3) is 0.364. The van der Waals surface area contributed by atoms with Crippen molar-refractivity contribution in [2.24, 2.45) is 5.92 Å². The van der Waals surface area contributed by atoms with Gasteiger partial charge in [-0.1, -0.05) is 29.2 Å². The lowest BCUT2D eigenvalue weighted by Crippen LogP contribution is -2.12. The van der Waals surface area contributed by atoms with Gasteiger partial charge in [0.25, 0.3) is 0 Å². The van der Waals surface area contributed by atoms with E-state index in [0.717, 1.165) is 22.9 Å². The van der Waals surface area contributed by atoms with Crippen molar-refractivity contribution in [3.8, 4) is 0 Å². The number of rotatable bonds is 5. The SMILES string of the molecule is O=C(Nc1nnc(SCc2cccs2)s1)C1CC1. The molecule has 1 saturated carbocycles. The molecule has 4 nitrogen and oxygen atoms in total. The molecule has 0 radical (unpaired) electrons. The van der Waals surface area contributed by atoms with Gasteiger partial charge in [-0.3, -0.25) is 4.79 Å². The highest BCUT2D eigenvalue weighted by atomic mass is 32.2. The topological polar surface area (TPSA) is 54.9 Å². The van der Waals surface area contributed by atoms with Gasteiger partial charge in [-0.15, -0.1) is 21.5 Å². The summed E-state index contributed by atoms with van der Waals surface area (Å²) >= 11 is 4.83. The highest BCUT2D eigenvalue weighted by molar-refractivity contribution is 8.00. The standard InChI is InChI=1S/C11H11N3OS3/c15-9(7-3-4-7)12-10-13-14-11(18-10)17-6-8-2-1-5-16-8/h1-2,5,7H,3-4,6H2,(H,12,13,15). The molecule has 0 aliphatic heterocycles. The average molecular weight is 297 g/mol. The third-order valence-corrected chi connectivity index (χ3v) is 5.58. The number of nitrogens with zero attached hydrogens (tertiary/aromatic N) is 2. The largest absolute Gasteiger partial charge is 0.300 e. The van der Waals surface area contributed by atoms with Gasteiger partial charge in [0.1, 0.15) is 0 Å². The summed E-state index contributed by atoms with van der Waals surface area (Å²) in [5, 5.41) is 13.5. The van der Waals surface area contributed by atoms with Crippen LogP contribution in [0.4, 0.5) is 5.13 Å². The summed E-state index contributed by atoms with van der Waals surface area (Å²) in [6, 6.07) is 4.15. The summed E-state index contributed by atoms with van der Waals surface area (Å²) in [5.41, 5.74) is 0. The average Bonchev–Trinajstić information content (AvgIpc) is 2.92. The third-order valence-electron chi connectivity index (χ3n) is 2.50. The van der Waals surface area contributed by atoms with Crippen LogP contribution in [-0.4, -0.2) is 16.1 Å². The van der Waals surface area contributed by atoms with Crippen LogP contribution in [0.3, 0.4) is 0 Å². The van der Waals surface area contributed by atoms with Crippen molar-refractivity contribution in [3.63, 3.8) is 0 Å². The van der Waals surface area contributed by atoms with Crippen molar-refractivity contribution in [1.29, 1.82) is 0 Å². The number of thioether (sulfide) groups is 1. The number of aromatic nitrogens is 2. The Bertz CT molecular complexity index is 533. The number of carbonyl (C=O) groups is 1. The van der Waals surface area contributed by atoms with Crippen molar-refractivity contribution < 1.29 is 4.79 Å². The van der Waals surface area contributed by atoms with E-state index in [9.17, 15) is 4.79 Å². The molecule has 1 amide bonds. The minimum atomic E-state index is 0.0842. The van der Waals surface area contributed by atoms with Gasteiger partial charge >= 0.3 is 0 Å². The molecular weight excluding hydrogens is 286 g/mol. The molecule has 7 heteroatoms. The van der Waals surface area contributed by atoms with Crippen molar-refractivity contribution in [1.82, 2.24) is 10.2 Å².